The van der Waals surface area contributed by atoms with Gasteiger partial charge in [-0.3, -0.25) is 10.1 Å². The topological polar surface area (TPSA) is 52.0 Å². The summed E-state index contributed by atoms with van der Waals surface area (Å²) in [5.74, 6) is 0. The Morgan fingerprint density at radius 3 is 2.39 bits per heavy atom. The first-order valence-corrected chi connectivity index (χ1v) is 6.60. The lowest BCUT2D eigenvalue weighted by Crippen LogP contribution is -3.27. The molecule has 0 bridgehead atoms. The summed E-state index contributed by atoms with van der Waals surface area (Å²) in [5.41, 5.74) is 1.12. The molecule has 0 atom stereocenters. The normalized spacial score (nSPS) is 23.8. The number of nitro benzene ring substituents is 1. The number of nitrogens with one attached hydrogen (secondary N) is 2. The number of benzene rings is 1. The fourth-order valence-corrected chi connectivity index (χ4v) is 2.60. The van der Waals surface area contributed by atoms with Gasteiger partial charge < -0.3 is 9.80 Å². The van der Waals surface area contributed by atoms with Crippen molar-refractivity contribution < 1.29 is 14.7 Å². The Labute approximate surface area is 107 Å². The lowest BCUT2D eigenvalue weighted by atomic mass is 10.1. The van der Waals surface area contributed by atoms with Gasteiger partial charge in [0.1, 0.15) is 32.7 Å². The predicted octanol–water partition coefficient (Wildman–Crippen LogP) is -1.10. The molecule has 0 radical (unpaired) electrons. The molecule has 1 saturated heterocycles. The van der Waals surface area contributed by atoms with Crippen molar-refractivity contribution in [2.45, 2.75) is 13.5 Å². The third kappa shape index (κ3) is 3.05. The molecule has 0 aromatic heterocycles. The Bertz CT molecular complexity index is 414. The standard InChI is InChI=1S/C13H19N3O2/c1-2-14-7-9-15(10-8-14)11-12-5-3-4-6-13(12)16(17)18/h3-6H,2,7-11H2,1H3/p+2. The van der Waals surface area contributed by atoms with Gasteiger partial charge in [0.05, 0.1) is 17.0 Å². The van der Waals surface area contributed by atoms with Crippen LogP contribution in [0.15, 0.2) is 24.3 Å². The highest BCUT2D eigenvalue weighted by Gasteiger charge is 2.24. The van der Waals surface area contributed by atoms with Gasteiger partial charge in [0.25, 0.3) is 5.69 Å². The zero-order chi connectivity index (χ0) is 13.0. The Hall–Kier alpha value is -1.46. The van der Waals surface area contributed by atoms with Crippen LogP contribution in [-0.4, -0.2) is 37.6 Å². The number of nitrogens with zero attached hydrogens (tertiary/aromatic N) is 1. The van der Waals surface area contributed by atoms with Crippen molar-refractivity contribution in [3.63, 3.8) is 0 Å². The van der Waals surface area contributed by atoms with Crippen molar-refractivity contribution in [3.8, 4) is 0 Å². The summed E-state index contributed by atoms with van der Waals surface area (Å²) in [6, 6.07) is 7.10. The zero-order valence-electron chi connectivity index (χ0n) is 10.8. The Morgan fingerprint density at radius 2 is 1.78 bits per heavy atom. The first-order chi connectivity index (χ1) is 8.70. The Morgan fingerprint density at radius 1 is 1.17 bits per heavy atom. The molecule has 18 heavy (non-hydrogen) atoms. The monoisotopic (exact) mass is 251 g/mol. The maximum atomic E-state index is 11.0. The molecule has 1 aromatic rings. The molecule has 2 N–H and O–H groups in total. The van der Waals surface area contributed by atoms with Crippen molar-refractivity contribution in [2.75, 3.05) is 32.7 Å². The highest BCUT2D eigenvalue weighted by atomic mass is 16.6. The van der Waals surface area contributed by atoms with Crippen molar-refractivity contribution in [2.24, 2.45) is 0 Å². The van der Waals surface area contributed by atoms with E-state index in [2.05, 4.69) is 6.92 Å². The van der Waals surface area contributed by atoms with Gasteiger partial charge in [-0.2, -0.15) is 0 Å². The molecule has 0 aliphatic carbocycles. The molecule has 1 aliphatic heterocycles. The van der Waals surface area contributed by atoms with E-state index < -0.39 is 0 Å². The molecule has 0 amide bonds. The molecule has 98 valence electrons. The van der Waals surface area contributed by atoms with Crippen LogP contribution < -0.4 is 9.80 Å². The second kappa shape index (κ2) is 5.93. The molecule has 5 nitrogen and oxygen atoms in total. The third-order valence-electron chi connectivity index (χ3n) is 3.79. The molecule has 1 fully saturated rings. The number of hydrogen-bond donors (Lipinski definition) is 2. The van der Waals surface area contributed by atoms with Gasteiger partial charge in [0.15, 0.2) is 0 Å². The number of rotatable bonds is 4. The van der Waals surface area contributed by atoms with E-state index >= 15 is 0 Å². The average molecular weight is 251 g/mol. The first kappa shape index (κ1) is 13.0. The Kier molecular flexibility index (Phi) is 4.28. The minimum absolute atomic E-state index is 0.260. The van der Waals surface area contributed by atoms with Gasteiger partial charge in [-0.25, -0.2) is 0 Å². The van der Waals surface area contributed by atoms with Crippen molar-refractivity contribution in [3.05, 3.63) is 39.9 Å². The quantitative estimate of drug-likeness (QED) is 0.527. The summed E-state index contributed by atoms with van der Waals surface area (Å²) in [4.78, 5) is 13.8. The summed E-state index contributed by atoms with van der Waals surface area (Å²) < 4.78 is 0. The number of para-hydroxylation sites is 1. The maximum absolute atomic E-state index is 11.0. The third-order valence-corrected chi connectivity index (χ3v) is 3.79. The number of nitro groups is 1. The van der Waals surface area contributed by atoms with Crippen molar-refractivity contribution in [1.29, 1.82) is 0 Å². The fraction of sp³-hybridized carbons (Fsp3) is 0.538. The van der Waals surface area contributed by atoms with E-state index in [1.54, 1.807) is 17.0 Å². The maximum Gasteiger partial charge on any atom is 0.278 e. The molecule has 0 unspecified atom stereocenters. The summed E-state index contributed by atoms with van der Waals surface area (Å²) in [6.07, 6.45) is 0. The number of quaternary nitrogens is 2. The molecule has 1 aliphatic rings. The summed E-state index contributed by atoms with van der Waals surface area (Å²) in [5, 5.41) is 11.0. The van der Waals surface area contributed by atoms with Crippen LogP contribution in [0.3, 0.4) is 0 Å². The number of likely N-dealkylation sites (N-methyl/N-ethyl adjacent to an activating group) is 1. The molecular weight excluding hydrogens is 230 g/mol. The van der Waals surface area contributed by atoms with Gasteiger partial charge >= 0.3 is 0 Å². The summed E-state index contributed by atoms with van der Waals surface area (Å²) >= 11 is 0. The van der Waals surface area contributed by atoms with Gasteiger partial charge in [0, 0.05) is 6.07 Å². The van der Waals surface area contributed by atoms with Gasteiger partial charge in [-0.05, 0) is 13.0 Å². The Balaban J connectivity index is 2.00. The summed E-state index contributed by atoms with van der Waals surface area (Å²) in [7, 11) is 0. The predicted molar refractivity (Wildman–Crippen MR) is 68.7 cm³/mol. The average Bonchev–Trinajstić information content (AvgIpc) is 2.40. The number of hydrogen-bond acceptors (Lipinski definition) is 2. The van der Waals surface area contributed by atoms with Crippen LogP contribution in [0.1, 0.15) is 12.5 Å². The molecule has 0 saturated carbocycles. The second-order valence-electron chi connectivity index (χ2n) is 4.92. The van der Waals surface area contributed by atoms with E-state index in [0.29, 0.717) is 0 Å². The van der Waals surface area contributed by atoms with E-state index in [4.69, 9.17) is 0 Å². The molecule has 1 aromatic carbocycles. The van der Waals surface area contributed by atoms with E-state index in [9.17, 15) is 10.1 Å². The van der Waals surface area contributed by atoms with E-state index in [-0.39, 0.29) is 10.6 Å². The minimum atomic E-state index is -0.275. The second-order valence-corrected chi connectivity index (χ2v) is 4.92. The lowest BCUT2D eigenvalue weighted by Gasteiger charge is -2.28. The molecule has 0 spiro atoms. The van der Waals surface area contributed by atoms with Crippen LogP contribution in [-0.2, 0) is 6.54 Å². The fourth-order valence-electron chi connectivity index (χ4n) is 2.60. The largest absolute Gasteiger partial charge is 0.326 e. The van der Waals surface area contributed by atoms with Gasteiger partial charge in [-0.15, -0.1) is 0 Å². The van der Waals surface area contributed by atoms with E-state index in [0.717, 1.165) is 25.2 Å². The zero-order valence-corrected chi connectivity index (χ0v) is 10.8. The molecule has 5 heteroatoms. The molecular formula is C13H21N3O2+2. The van der Waals surface area contributed by atoms with Gasteiger partial charge in [0.2, 0.25) is 0 Å². The van der Waals surface area contributed by atoms with Crippen molar-refractivity contribution in [1.82, 2.24) is 0 Å². The summed E-state index contributed by atoms with van der Waals surface area (Å²) in [6.45, 7) is 8.72. The van der Waals surface area contributed by atoms with Crippen LogP contribution >= 0.6 is 0 Å². The van der Waals surface area contributed by atoms with Crippen LogP contribution in [0.5, 0.6) is 0 Å². The van der Waals surface area contributed by atoms with Crippen LogP contribution in [0, 0.1) is 10.1 Å². The highest BCUT2D eigenvalue weighted by Crippen LogP contribution is 2.16. The minimum Gasteiger partial charge on any atom is -0.326 e. The lowest BCUT2D eigenvalue weighted by molar-refractivity contribution is -1.02. The number of piperazine rings is 1. The van der Waals surface area contributed by atoms with Crippen LogP contribution in [0.25, 0.3) is 0 Å². The van der Waals surface area contributed by atoms with E-state index in [1.807, 2.05) is 12.1 Å². The molecule has 1 heterocycles. The van der Waals surface area contributed by atoms with Crippen LogP contribution in [0.2, 0.25) is 0 Å². The smallest absolute Gasteiger partial charge is 0.278 e. The van der Waals surface area contributed by atoms with Gasteiger partial charge in [-0.1, -0.05) is 12.1 Å². The highest BCUT2D eigenvalue weighted by molar-refractivity contribution is 5.38. The van der Waals surface area contributed by atoms with E-state index in [1.165, 1.54) is 24.5 Å². The van der Waals surface area contributed by atoms with Crippen LogP contribution in [0.4, 0.5) is 5.69 Å². The first-order valence-electron chi connectivity index (χ1n) is 6.60. The van der Waals surface area contributed by atoms with Crippen molar-refractivity contribution >= 4 is 5.69 Å². The molecule has 2 rings (SSSR count). The SMILES string of the molecule is CC[NH+]1CC[NH+](Cc2ccccc2[N+](=O)[O-])CC1.